The van der Waals surface area contributed by atoms with Crippen LogP contribution in [0.25, 0.3) is 0 Å². The molecule has 4 heteroatoms. The van der Waals surface area contributed by atoms with E-state index in [9.17, 15) is 4.79 Å². The average molecular weight is 277 g/mol. The second-order valence-corrected chi connectivity index (χ2v) is 5.76. The van der Waals surface area contributed by atoms with Crippen LogP contribution in [0.5, 0.6) is 0 Å². The largest absolute Gasteiger partial charge is 0.369 e. The summed E-state index contributed by atoms with van der Waals surface area (Å²) in [6, 6.07) is 8.45. The van der Waals surface area contributed by atoms with Gasteiger partial charge in [-0.15, -0.1) is 0 Å². The number of amides is 1. The van der Waals surface area contributed by atoms with E-state index < -0.39 is 5.54 Å². The molecule has 0 aliphatic rings. The molecule has 0 fully saturated rings. The maximum atomic E-state index is 12.1. The van der Waals surface area contributed by atoms with Crippen LogP contribution in [0, 0.1) is 0 Å². The van der Waals surface area contributed by atoms with Crippen molar-refractivity contribution in [2.24, 2.45) is 0 Å². The van der Waals surface area contributed by atoms with E-state index in [2.05, 4.69) is 36.3 Å². The summed E-state index contributed by atoms with van der Waals surface area (Å²) in [6.45, 7) is 11.2. The van der Waals surface area contributed by atoms with Gasteiger partial charge < -0.3 is 15.5 Å². The first-order chi connectivity index (χ1) is 9.31. The summed E-state index contributed by atoms with van der Waals surface area (Å²) in [7, 11) is 1.78. The number of carbonyl (C=O) groups excluding carboxylic acids is 1. The van der Waals surface area contributed by atoms with Crippen LogP contribution in [-0.4, -0.2) is 31.1 Å². The monoisotopic (exact) mass is 277 g/mol. The van der Waals surface area contributed by atoms with Gasteiger partial charge >= 0.3 is 0 Å². The normalized spacial score (nSPS) is 11.6. The van der Waals surface area contributed by atoms with Crippen molar-refractivity contribution in [1.82, 2.24) is 5.32 Å². The van der Waals surface area contributed by atoms with Gasteiger partial charge in [0, 0.05) is 24.0 Å². The zero-order valence-electron chi connectivity index (χ0n) is 13.4. The second-order valence-electron chi connectivity index (χ2n) is 5.76. The van der Waals surface area contributed by atoms with Crippen LogP contribution in [0.4, 0.5) is 11.4 Å². The van der Waals surface area contributed by atoms with Gasteiger partial charge in [0.1, 0.15) is 0 Å². The lowest BCUT2D eigenvalue weighted by molar-refractivity contribution is -0.121. The molecular weight excluding hydrogens is 250 g/mol. The van der Waals surface area contributed by atoms with Gasteiger partial charge in [-0.05, 0) is 65.9 Å². The Morgan fingerprint density at radius 3 is 2.20 bits per heavy atom. The Hall–Kier alpha value is -1.55. The highest BCUT2D eigenvalue weighted by molar-refractivity contribution is 5.97. The highest BCUT2D eigenvalue weighted by Gasteiger charge is 2.25. The van der Waals surface area contributed by atoms with Gasteiger partial charge in [0.2, 0.25) is 5.91 Å². The van der Waals surface area contributed by atoms with Gasteiger partial charge in [-0.1, -0.05) is 0 Å². The third-order valence-corrected chi connectivity index (χ3v) is 3.61. The van der Waals surface area contributed by atoms with Crippen molar-refractivity contribution in [3.63, 3.8) is 0 Å². The maximum absolute atomic E-state index is 12.1. The summed E-state index contributed by atoms with van der Waals surface area (Å²) >= 11 is 0. The van der Waals surface area contributed by atoms with Crippen LogP contribution in [0.2, 0.25) is 0 Å². The summed E-state index contributed by atoms with van der Waals surface area (Å²) < 4.78 is 0. The van der Waals surface area contributed by atoms with Crippen LogP contribution in [0.1, 0.15) is 34.6 Å². The SMILES string of the molecule is CCN(c1ccc(NC(=O)C(C)(C)NC)cc1)C(C)C. The first kappa shape index (κ1) is 16.5. The van der Waals surface area contributed by atoms with E-state index in [0.717, 1.165) is 12.2 Å². The molecule has 0 atom stereocenters. The zero-order chi connectivity index (χ0) is 15.3. The fourth-order valence-electron chi connectivity index (χ4n) is 1.98. The van der Waals surface area contributed by atoms with Crippen molar-refractivity contribution < 1.29 is 4.79 Å². The van der Waals surface area contributed by atoms with Crippen molar-refractivity contribution in [3.8, 4) is 0 Å². The quantitative estimate of drug-likeness (QED) is 0.840. The molecule has 0 spiro atoms. The molecule has 0 unspecified atom stereocenters. The van der Waals surface area contributed by atoms with Gasteiger partial charge in [-0.25, -0.2) is 0 Å². The van der Waals surface area contributed by atoms with Gasteiger partial charge in [0.05, 0.1) is 5.54 Å². The predicted octanol–water partition coefficient (Wildman–Crippen LogP) is 2.86. The molecule has 2 N–H and O–H groups in total. The minimum atomic E-state index is -0.577. The highest BCUT2D eigenvalue weighted by atomic mass is 16.2. The van der Waals surface area contributed by atoms with Crippen molar-refractivity contribution in [1.29, 1.82) is 0 Å². The summed E-state index contributed by atoms with van der Waals surface area (Å²) in [5.41, 5.74) is 1.42. The molecule has 112 valence electrons. The fraction of sp³-hybridized carbons (Fsp3) is 0.562. The lowest BCUT2D eigenvalue weighted by atomic mass is 10.1. The lowest BCUT2D eigenvalue weighted by Crippen LogP contribution is -2.47. The molecule has 0 bridgehead atoms. The second kappa shape index (κ2) is 6.75. The Morgan fingerprint density at radius 2 is 1.80 bits per heavy atom. The number of carbonyl (C=O) groups is 1. The molecule has 1 aromatic carbocycles. The molecule has 1 aromatic rings. The number of likely N-dealkylation sites (N-methyl/N-ethyl adjacent to an activating group) is 1. The maximum Gasteiger partial charge on any atom is 0.244 e. The van der Waals surface area contributed by atoms with E-state index >= 15 is 0 Å². The molecular formula is C16H27N3O. The topological polar surface area (TPSA) is 44.4 Å². The number of hydrogen-bond donors (Lipinski definition) is 2. The Labute approximate surface area is 122 Å². The number of nitrogens with zero attached hydrogens (tertiary/aromatic N) is 1. The number of hydrogen-bond acceptors (Lipinski definition) is 3. The first-order valence-electron chi connectivity index (χ1n) is 7.19. The number of anilines is 2. The highest BCUT2D eigenvalue weighted by Crippen LogP contribution is 2.20. The van der Waals surface area contributed by atoms with Crippen LogP contribution in [0.15, 0.2) is 24.3 Å². The standard InChI is InChI=1S/C16H27N3O/c1-7-19(12(2)3)14-10-8-13(9-11-14)18-15(20)16(4,5)17-6/h8-12,17H,7H2,1-6H3,(H,18,20). The molecule has 4 nitrogen and oxygen atoms in total. The van der Waals surface area contributed by atoms with Gasteiger partial charge in [0.25, 0.3) is 0 Å². The third-order valence-electron chi connectivity index (χ3n) is 3.61. The van der Waals surface area contributed by atoms with Crippen molar-refractivity contribution in [2.45, 2.75) is 46.2 Å². The molecule has 1 rings (SSSR count). The molecule has 1 amide bonds. The Morgan fingerprint density at radius 1 is 1.25 bits per heavy atom. The lowest BCUT2D eigenvalue weighted by Gasteiger charge is -2.28. The van der Waals surface area contributed by atoms with Crippen molar-refractivity contribution in [2.75, 3.05) is 23.8 Å². The van der Waals surface area contributed by atoms with Crippen LogP contribution < -0.4 is 15.5 Å². The van der Waals surface area contributed by atoms with E-state index in [4.69, 9.17) is 0 Å². The zero-order valence-corrected chi connectivity index (χ0v) is 13.4. The summed E-state index contributed by atoms with van der Waals surface area (Å²) in [6.07, 6.45) is 0. The van der Waals surface area contributed by atoms with E-state index in [1.165, 1.54) is 5.69 Å². The van der Waals surface area contributed by atoms with Gasteiger partial charge in [-0.3, -0.25) is 4.79 Å². The smallest absolute Gasteiger partial charge is 0.244 e. The van der Waals surface area contributed by atoms with Crippen molar-refractivity contribution in [3.05, 3.63) is 24.3 Å². The first-order valence-corrected chi connectivity index (χ1v) is 7.19. The summed E-state index contributed by atoms with van der Waals surface area (Å²) in [5, 5.41) is 5.92. The Kier molecular flexibility index (Phi) is 5.57. The molecule has 0 heterocycles. The molecule has 0 saturated heterocycles. The third kappa shape index (κ3) is 3.97. The Bertz CT molecular complexity index is 438. The van der Waals surface area contributed by atoms with Gasteiger partial charge in [0.15, 0.2) is 0 Å². The van der Waals surface area contributed by atoms with Crippen LogP contribution in [-0.2, 0) is 4.79 Å². The number of nitrogens with one attached hydrogen (secondary N) is 2. The molecule has 20 heavy (non-hydrogen) atoms. The fourth-order valence-corrected chi connectivity index (χ4v) is 1.98. The molecule has 0 aliphatic carbocycles. The minimum Gasteiger partial charge on any atom is -0.369 e. The molecule has 0 radical (unpaired) electrons. The summed E-state index contributed by atoms with van der Waals surface area (Å²) in [4.78, 5) is 14.4. The molecule has 0 saturated carbocycles. The predicted molar refractivity (Wildman–Crippen MR) is 86.4 cm³/mol. The molecule has 0 aliphatic heterocycles. The van der Waals surface area contributed by atoms with Crippen molar-refractivity contribution >= 4 is 17.3 Å². The number of benzene rings is 1. The minimum absolute atomic E-state index is 0.0380. The Balaban J connectivity index is 2.79. The van der Waals surface area contributed by atoms with E-state index in [-0.39, 0.29) is 5.91 Å². The van der Waals surface area contributed by atoms with Crippen LogP contribution in [0.3, 0.4) is 0 Å². The molecule has 0 aromatic heterocycles. The van der Waals surface area contributed by atoms with Gasteiger partial charge in [-0.2, -0.15) is 0 Å². The average Bonchev–Trinajstić information content (AvgIpc) is 2.41. The van der Waals surface area contributed by atoms with Crippen LogP contribution >= 0.6 is 0 Å². The number of rotatable bonds is 6. The summed E-state index contributed by atoms with van der Waals surface area (Å²) in [5.74, 6) is -0.0380. The van der Waals surface area contributed by atoms with E-state index in [0.29, 0.717) is 6.04 Å². The van der Waals surface area contributed by atoms with E-state index in [1.54, 1.807) is 7.05 Å². The van der Waals surface area contributed by atoms with E-state index in [1.807, 2.05) is 38.1 Å².